The topological polar surface area (TPSA) is 97.3 Å². The zero-order chi connectivity index (χ0) is 19.2. The number of amides is 2. The first kappa shape index (κ1) is 20.4. The van der Waals surface area contributed by atoms with E-state index in [0.29, 0.717) is 0 Å². The quantitative estimate of drug-likeness (QED) is 0.805. The van der Waals surface area contributed by atoms with Crippen LogP contribution in [0.5, 0.6) is 11.5 Å². The van der Waals surface area contributed by atoms with E-state index in [2.05, 4.69) is 5.43 Å². The molecule has 25 heavy (non-hydrogen) atoms. The van der Waals surface area contributed by atoms with Crippen LogP contribution in [-0.4, -0.2) is 37.6 Å². The second-order valence-corrected chi connectivity index (χ2v) is 6.13. The van der Waals surface area contributed by atoms with E-state index in [1.54, 1.807) is 19.9 Å². The average Bonchev–Trinajstić information content (AvgIpc) is 2.51. The van der Waals surface area contributed by atoms with E-state index in [0.717, 1.165) is 10.6 Å². The number of phenols is 1. The fourth-order valence-corrected chi connectivity index (χ4v) is 2.21. The number of anilines is 1. The number of hydrogen-bond acceptors (Lipinski definition) is 6. The molecule has 0 fully saturated rings. The maximum Gasteiger partial charge on any atom is 0.433 e. The van der Waals surface area contributed by atoms with Crippen LogP contribution in [-0.2, 0) is 14.9 Å². The summed E-state index contributed by atoms with van der Waals surface area (Å²) >= 11 is 0. The van der Waals surface area contributed by atoms with Gasteiger partial charge in [-0.15, -0.1) is 0 Å². The lowest BCUT2D eigenvalue weighted by molar-refractivity contribution is 0.138. The number of phenolic OH excluding ortho intramolecular Hbond substituents is 1. The van der Waals surface area contributed by atoms with Crippen molar-refractivity contribution in [2.75, 3.05) is 25.3 Å². The molecule has 2 amide bonds. The molecule has 0 unspecified atom stereocenters. The van der Waals surface area contributed by atoms with Crippen LogP contribution in [0.3, 0.4) is 0 Å². The molecular formula is C17H26N2O6. The number of methoxy groups -OCH3 is 1. The highest BCUT2D eigenvalue weighted by molar-refractivity contribution is 5.94. The van der Waals surface area contributed by atoms with Crippen LogP contribution in [0.2, 0.25) is 0 Å². The molecule has 0 saturated heterocycles. The Balaban J connectivity index is 3.51. The molecule has 0 aliphatic carbocycles. The van der Waals surface area contributed by atoms with Crippen LogP contribution < -0.4 is 15.2 Å². The van der Waals surface area contributed by atoms with Crippen molar-refractivity contribution in [2.24, 2.45) is 0 Å². The predicted octanol–water partition coefficient (Wildman–Crippen LogP) is 3.32. The van der Waals surface area contributed by atoms with Crippen molar-refractivity contribution in [3.63, 3.8) is 0 Å². The number of carbonyl (C=O) groups is 2. The Morgan fingerprint density at radius 1 is 1.16 bits per heavy atom. The van der Waals surface area contributed by atoms with Crippen LogP contribution in [0.1, 0.15) is 40.2 Å². The minimum atomic E-state index is -0.879. The molecule has 1 aromatic carbocycles. The molecule has 0 aliphatic rings. The van der Waals surface area contributed by atoms with Gasteiger partial charge in [0.1, 0.15) is 5.75 Å². The van der Waals surface area contributed by atoms with Crippen LogP contribution in [0.25, 0.3) is 0 Å². The van der Waals surface area contributed by atoms with Crippen molar-refractivity contribution in [3.05, 3.63) is 17.7 Å². The van der Waals surface area contributed by atoms with Gasteiger partial charge in [-0.1, -0.05) is 26.8 Å². The molecule has 0 saturated carbocycles. The molecule has 140 valence electrons. The lowest BCUT2D eigenvalue weighted by Gasteiger charge is -2.28. The summed E-state index contributed by atoms with van der Waals surface area (Å²) in [5.41, 5.74) is 2.65. The Kier molecular flexibility index (Phi) is 6.90. The fraction of sp³-hybridized carbons (Fsp3) is 0.529. The number of benzene rings is 1. The lowest BCUT2D eigenvalue weighted by Crippen LogP contribution is -2.47. The summed E-state index contributed by atoms with van der Waals surface area (Å²) in [6.45, 7) is 9.34. The minimum absolute atomic E-state index is 0.0265. The van der Waals surface area contributed by atoms with Gasteiger partial charge < -0.3 is 19.3 Å². The molecule has 0 bridgehead atoms. The average molecular weight is 354 g/mol. The number of rotatable bonds is 4. The molecule has 2 N–H and O–H groups in total. The smallest absolute Gasteiger partial charge is 0.433 e. The van der Waals surface area contributed by atoms with E-state index in [-0.39, 0.29) is 35.8 Å². The zero-order valence-corrected chi connectivity index (χ0v) is 15.5. The Morgan fingerprint density at radius 3 is 2.24 bits per heavy atom. The maximum atomic E-state index is 12.3. The van der Waals surface area contributed by atoms with Gasteiger partial charge in [0.15, 0.2) is 11.4 Å². The van der Waals surface area contributed by atoms with Crippen LogP contribution in [0, 0.1) is 0 Å². The molecule has 0 atom stereocenters. The highest BCUT2D eigenvalue weighted by Gasteiger charge is 2.31. The maximum absolute atomic E-state index is 12.3. The van der Waals surface area contributed by atoms with Crippen LogP contribution in [0.4, 0.5) is 15.3 Å². The lowest BCUT2D eigenvalue weighted by atomic mass is 9.85. The Bertz CT molecular complexity index is 624. The molecule has 0 heterocycles. The molecule has 0 spiro atoms. The normalized spacial score (nSPS) is 10.8. The standard InChI is InChI=1S/C17H26N2O6/c1-7-24-15(21)18-19(16(22)25-8-2)13-12(20)10-9-11(14(13)23-6)17(3,4)5/h9-10,20H,7-8H2,1-6H3,(H,18,21). The predicted molar refractivity (Wildman–Crippen MR) is 93.0 cm³/mol. The van der Waals surface area contributed by atoms with Crippen LogP contribution in [0.15, 0.2) is 12.1 Å². The highest BCUT2D eigenvalue weighted by Crippen LogP contribution is 2.44. The number of ether oxygens (including phenoxy) is 3. The van der Waals surface area contributed by atoms with Crippen molar-refractivity contribution in [3.8, 4) is 11.5 Å². The SMILES string of the molecule is CCOC(=O)NN(C(=O)OCC)c1c(O)ccc(C(C)(C)C)c1OC. The van der Waals surface area contributed by atoms with Crippen molar-refractivity contribution in [1.82, 2.24) is 5.43 Å². The Labute approximate surface area is 147 Å². The molecular weight excluding hydrogens is 328 g/mol. The summed E-state index contributed by atoms with van der Waals surface area (Å²) in [7, 11) is 1.42. The van der Waals surface area contributed by atoms with E-state index in [9.17, 15) is 14.7 Å². The van der Waals surface area contributed by atoms with Gasteiger partial charge in [-0.25, -0.2) is 15.0 Å². The van der Waals surface area contributed by atoms with Gasteiger partial charge in [0, 0.05) is 5.56 Å². The first-order chi connectivity index (χ1) is 11.7. The molecule has 8 nitrogen and oxygen atoms in total. The summed E-state index contributed by atoms with van der Waals surface area (Å²) in [5.74, 6) is -0.00736. The molecule has 1 aromatic rings. The van der Waals surface area contributed by atoms with E-state index in [1.165, 1.54) is 13.2 Å². The Hall–Kier alpha value is -2.64. The summed E-state index contributed by atoms with van der Waals surface area (Å²) in [6, 6.07) is 3.13. The van der Waals surface area contributed by atoms with E-state index < -0.39 is 12.2 Å². The number of nitrogens with one attached hydrogen (secondary N) is 1. The first-order valence-corrected chi connectivity index (χ1v) is 7.98. The van der Waals surface area contributed by atoms with Gasteiger partial charge in [-0.3, -0.25) is 0 Å². The van der Waals surface area contributed by atoms with Crippen molar-refractivity contribution in [1.29, 1.82) is 0 Å². The molecule has 0 aromatic heterocycles. The monoisotopic (exact) mass is 354 g/mol. The molecule has 0 radical (unpaired) electrons. The number of carbonyl (C=O) groups excluding carboxylic acids is 2. The summed E-state index contributed by atoms with van der Waals surface area (Å²) in [6.07, 6.45) is -1.74. The summed E-state index contributed by atoms with van der Waals surface area (Å²) < 4.78 is 15.2. The van der Waals surface area contributed by atoms with Crippen molar-refractivity contribution < 1.29 is 28.9 Å². The zero-order valence-electron chi connectivity index (χ0n) is 15.5. The number of nitrogens with zero attached hydrogens (tertiary/aromatic N) is 1. The number of aromatic hydroxyl groups is 1. The second kappa shape index (κ2) is 8.46. The number of hydrazine groups is 1. The Morgan fingerprint density at radius 2 is 1.76 bits per heavy atom. The minimum Gasteiger partial charge on any atom is -0.506 e. The fourth-order valence-electron chi connectivity index (χ4n) is 2.21. The first-order valence-electron chi connectivity index (χ1n) is 7.98. The van der Waals surface area contributed by atoms with Crippen molar-refractivity contribution >= 4 is 17.9 Å². The van der Waals surface area contributed by atoms with E-state index >= 15 is 0 Å². The van der Waals surface area contributed by atoms with Crippen molar-refractivity contribution in [2.45, 2.75) is 40.0 Å². The van der Waals surface area contributed by atoms with Gasteiger partial charge in [0.25, 0.3) is 0 Å². The van der Waals surface area contributed by atoms with E-state index in [1.807, 2.05) is 20.8 Å². The third-order valence-electron chi connectivity index (χ3n) is 3.27. The number of hydrogen-bond donors (Lipinski definition) is 2. The van der Waals surface area contributed by atoms with Gasteiger partial charge in [-0.05, 0) is 25.3 Å². The third-order valence-corrected chi connectivity index (χ3v) is 3.27. The third kappa shape index (κ3) is 4.91. The van der Waals surface area contributed by atoms with Crippen LogP contribution >= 0.6 is 0 Å². The second-order valence-electron chi connectivity index (χ2n) is 6.13. The molecule has 1 rings (SSSR count). The summed E-state index contributed by atoms with van der Waals surface area (Å²) in [4.78, 5) is 24.2. The highest BCUT2D eigenvalue weighted by atomic mass is 16.6. The molecule has 8 heteroatoms. The van der Waals surface area contributed by atoms with E-state index in [4.69, 9.17) is 14.2 Å². The summed E-state index contributed by atoms with van der Waals surface area (Å²) in [5, 5.41) is 11.1. The van der Waals surface area contributed by atoms with Gasteiger partial charge in [0.05, 0.1) is 20.3 Å². The van der Waals surface area contributed by atoms with Gasteiger partial charge in [0.2, 0.25) is 0 Å². The van der Waals surface area contributed by atoms with Gasteiger partial charge in [-0.2, -0.15) is 5.01 Å². The van der Waals surface area contributed by atoms with Gasteiger partial charge >= 0.3 is 12.2 Å². The molecule has 0 aliphatic heterocycles. The largest absolute Gasteiger partial charge is 0.506 e.